The minimum absolute atomic E-state index is 0.207. The Labute approximate surface area is 145 Å². The second-order valence-corrected chi connectivity index (χ2v) is 8.10. The lowest BCUT2D eigenvalue weighted by Crippen LogP contribution is -2.34. The summed E-state index contributed by atoms with van der Waals surface area (Å²) >= 11 is 5.27. The average Bonchev–Trinajstić information content (AvgIpc) is 2.43. The van der Waals surface area contributed by atoms with Gasteiger partial charge in [-0.25, -0.2) is 8.42 Å². The molecule has 0 radical (unpaired) electrons. The molecule has 0 unspecified atom stereocenters. The Kier molecular flexibility index (Phi) is 6.98. The Hall–Kier alpha value is -1.18. The van der Waals surface area contributed by atoms with E-state index in [9.17, 15) is 8.42 Å². The van der Waals surface area contributed by atoms with Gasteiger partial charge in [-0.15, -0.1) is 0 Å². The Morgan fingerprint density at radius 1 is 1.22 bits per heavy atom. The van der Waals surface area contributed by atoms with Crippen LogP contribution in [0.2, 0.25) is 0 Å². The smallest absolute Gasteiger partial charge is 0.243 e. The van der Waals surface area contributed by atoms with Crippen LogP contribution in [0.25, 0.3) is 0 Å². The molecule has 0 aromatic heterocycles. The van der Waals surface area contributed by atoms with E-state index in [0.29, 0.717) is 28.8 Å². The molecule has 0 saturated carbocycles. The molecule has 0 atom stereocenters. The molecular formula is C16H27N3O2S2. The first-order valence-electron chi connectivity index (χ1n) is 7.82. The van der Waals surface area contributed by atoms with Gasteiger partial charge < -0.3 is 10.6 Å². The molecule has 1 aromatic carbocycles. The van der Waals surface area contributed by atoms with E-state index in [1.54, 1.807) is 12.1 Å². The lowest BCUT2D eigenvalue weighted by molar-refractivity contribution is 0.445. The first-order chi connectivity index (χ1) is 10.6. The van der Waals surface area contributed by atoms with Crippen molar-refractivity contribution in [1.82, 2.24) is 9.62 Å². The molecule has 0 aliphatic rings. The molecule has 5 nitrogen and oxygen atoms in total. The first-order valence-corrected chi connectivity index (χ1v) is 9.67. The molecule has 0 aliphatic carbocycles. The molecular weight excluding hydrogens is 330 g/mol. The van der Waals surface area contributed by atoms with Crippen LogP contribution in [0, 0.1) is 13.8 Å². The zero-order chi connectivity index (χ0) is 17.8. The molecule has 0 heterocycles. The van der Waals surface area contributed by atoms with E-state index in [-0.39, 0.29) is 6.04 Å². The summed E-state index contributed by atoms with van der Waals surface area (Å²) in [6, 6.07) is 3.58. The molecule has 130 valence electrons. The molecule has 0 saturated heterocycles. The Morgan fingerprint density at radius 3 is 2.26 bits per heavy atom. The van der Waals surface area contributed by atoms with E-state index < -0.39 is 10.0 Å². The first kappa shape index (κ1) is 19.9. The molecule has 7 heteroatoms. The SMILES string of the molecule is CCN(CC)S(=O)(=O)c1cc(C)c(C)c(NC(=S)NC(C)C)c1. The number of aryl methyl sites for hydroxylation is 1. The minimum Gasteiger partial charge on any atom is -0.360 e. The normalized spacial score (nSPS) is 11.8. The highest BCUT2D eigenvalue weighted by atomic mass is 32.2. The molecule has 2 N–H and O–H groups in total. The van der Waals surface area contributed by atoms with Gasteiger partial charge in [0.2, 0.25) is 10.0 Å². The van der Waals surface area contributed by atoms with Crippen molar-refractivity contribution >= 4 is 33.0 Å². The molecule has 0 spiro atoms. The number of nitrogens with zero attached hydrogens (tertiary/aromatic N) is 1. The molecule has 1 aromatic rings. The lowest BCUT2D eigenvalue weighted by atomic mass is 10.1. The van der Waals surface area contributed by atoms with Crippen molar-refractivity contribution < 1.29 is 8.42 Å². The Morgan fingerprint density at radius 2 is 1.78 bits per heavy atom. The number of nitrogens with one attached hydrogen (secondary N) is 2. The van der Waals surface area contributed by atoms with E-state index in [1.807, 2.05) is 41.5 Å². The van der Waals surface area contributed by atoms with E-state index >= 15 is 0 Å². The average molecular weight is 358 g/mol. The van der Waals surface area contributed by atoms with Gasteiger partial charge in [0.05, 0.1) is 4.90 Å². The summed E-state index contributed by atoms with van der Waals surface area (Å²) in [4.78, 5) is 0.291. The van der Waals surface area contributed by atoms with E-state index in [0.717, 1.165) is 11.1 Å². The topological polar surface area (TPSA) is 61.4 Å². The lowest BCUT2D eigenvalue weighted by Gasteiger charge is -2.21. The number of thiocarbonyl (C=S) groups is 1. The number of hydrogen-bond acceptors (Lipinski definition) is 3. The number of sulfonamides is 1. The van der Waals surface area contributed by atoms with Gasteiger partial charge in [-0.1, -0.05) is 13.8 Å². The van der Waals surface area contributed by atoms with Crippen molar-refractivity contribution in [3.05, 3.63) is 23.3 Å². The maximum atomic E-state index is 12.7. The van der Waals surface area contributed by atoms with Crippen LogP contribution >= 0.6 is 12.2 Å². The molecule has 0 aliphatic heterocycles. The van der Waals surface area contributed by atoms with Gasteiger partial charge in [0, 0.05) is 24.8 Å². The fraction of sp³-hybridized carbons (Fsp3) is 0.562. The third-order valence-electron chi connectivity index (χ3n) is 3.65. The van der Waals surface area contributed by atoms with Crippen molar-refractivity contribution in [3.8, 4) is 0 Å². The van der Waals surface area contributed by atoms with Crippen molar-refractivity contribution in [3.63, 3.8) is 0 Å². The number of benzene rings is 1. The standard InChI is InChI=1S/C16H27N3O2S2/c1-7-19(8-2)23(20,21)14-9-12(5)13(6)15(10-14)18-16(22)17-11(3)4/h9-11H,7-8H2,1-6H3,(H2,17,18,22). The van der Waals surface area contributed by atoms with Crippen LogP contribution < -0.4 is 10.6 Å². The van der Waals surface area contributed by atoms with Gasteiger partial charge in [0.1, 0.15) is 0 Å². The predicted molar refractivity (Wildman–Crippen MR) is 101 cm³/mol. The summed E-state index contributed by atoms with van der Waals surface area (Å²) in [6.45, 7) is 12.4. The fourth-order valence-electron chi connectivity index (χ4n) is 2.24. The van der Waals surface area contributed by atoms with Crippen LogP contribution in [-0.2, 0) is 10.0 Å². The Balaban J connectivity index is 3.26. The van der Waals surface area contributed by atoms with E-state index in [4.69, 9.17) is 12.2 Å². The predicted octanol–water partition coefficient (Wildman–Crippen LogP) is 3.03. The quantitative estimate of drug-likeness (QED) is 0.766. The van der Waals surface area contributed by atoms with Crippen LogP contribution in [0.5, 0.6) is 0 Å². The van der Waals surface area contributed by atoms with Crippen LogP contribution in [0.3, 0.4) is 0 Å². The minimum atomic E-state index is -3.49. The van der Waals surface area contributed by atoms with Gasteiger partial charge in [-0.2, -0.15) is 4.31 Å². The fourth-order valence-corrected chi connectivity index (χ4v) is 4.15. The highest BCUT2D eigenvalue weighted by molar-refractivity contribution is 7.89. The number of anilines is 1. The van der Waals surface area contributed by atoms with Gasteiger partial charge in [0.25, 0.3) is 0 Å². The molecule has 0 fully saturated rings. The van der Waals surface area contributed by atoms with Gasteiger partial charge >= 0.3 is 0 Å². The number of hydrogen-bond donors (Lipinski definition) is 2. The zero-order valence-electron chi connectivity index (χ0n) is 14.7. The van der Waals surface area contributed by atoms with Crippen molar-refractivity contribution in [1.29, 1.82) is 0 Å². The third-order valence-corrected chi connectivity index (χ3v) is 5.90. The molecule has 23 heavy (non-hydrogen) atoms. The van der Waals surface area contributed by atoms with Crippen LogP contribution in [0.15, 0.2) is 17.0 Å². The van der Waals surface area contributed by atoms with Crippen LogP contribution in [0.4, 0.5) is 5.69 Å². The highest BCUT2D eigenvalue weighted by Crippen LogP contribution is 2.26. The Bertz CT molecular complexity index is 666. The van der Waals surface area contributed by atoms with Gasteiger partial charge in [-0.3, -0.25) is 0 Å². The summed E-state index contributed by atoms with van der Waals surface area (Å²) in [7, 11) is -3.49. The van der Waals surface area contributed by atoms with Crippen molar-refractivity contribution in [2.24, 2.45) is 0 Å². The molecule has 1 rings (SSSR count). The van der Waals surface area contributed by atoms with Crippen LogP contribution in [-0.4, -0.2) is 37.0 Å². The zero-order valence-corrected chi connectivity index (χ0v) is 16.4. The second kappa shape index (κ2) is 8.08. The van der Waals surface area contributed by atoms with Crippen LogP contribution in [0.1, 0.15) is 38.8 Å². The maximum absolute atomic E-state index is 12.7. The second-order valence-electron chi connectivity index (χ2n) is 5.76. The highest BCUT2D eigenvalue weighted by Gasteiger charge is 2.23. The summed E-state index contributed by atoms with van der Waals surface area (Å²) in [5.74, 6) is 0. The molecule has 0 amide bonds. The van der Waals surface area contributed by atoms with Crippen molar-refractivity contribution in [2.75, 3.05) is 18.4 Å². The summed E-state index contributed by atoms with van der Waals surface area (Å²) in [5.41, 5.74) is 2.61. The largest absolute Gasteiger partial charge is 0.360 e. The maximum Gasteiger partial charge on any atom is 0.243 e. The van der Waals surface area contributed by atoms with Gasteiger partial charge in [-0.05, 0) is 63.2 Å². The summed E-state index contributed by atoms with van der Waals surface area (Å²) in [6.07, 6.45) is 0. The molecule has 0 bridgehead atoms. The van der Waals surface area contributed by atoms with E-state index in [2.05, 4.69) is 10.6 Å². The summed E-state index contributed by atoms with van der Waals surface area (Å²) < 4.78 is 26.9. The third kappa shape index (κ3) is 4.89. The summed E-state index contributed by atoms with van der Waals surface area (Å²) in [5, 5.41) is 6.69. The monoisotopic (exact) mass is 357 g/mol. The van der Waals surface area contributed by atoms with Crippen molar-refractivity contribution in [2.45, 2.75) is 52.5 Å². The van der Waals surface area contributed by atoms with Gasteiger partial charge in [0.15, 0.2) is 5.11 Å². The number of rotatable bonds is 6. The van der Waals surface area contributed by atoms with E-state index in [1.165, 1.54) is 4.31 Å².